The fraction of sp³-hybridized carbons (Fsp3) is 0.300. The van der Waals surface area contributed by atoms with Gasteiger partial charge in [-0.05, 0) is 24.1 Å². The minimum Gasteiger partial charge on any atom is -0.376 e. The predicted molar refractivity (Wildman–Crippen MR) is 91.9 cm³/mol. The number of aromatic amines is 1. The van der Waals surface area contributed by atoms with Crippen molar-refractivity contribution in [1.29, 1.82) is 0 Å². The molecule has 1 saturated heterocycles. The number of fused-ring (bicyclic) bond motifs is 1. The number of benzene rings is 2. The molecule has 0 unspecified atom stereocenters. The van der Waals surface area contributed by atoms with Gasteiger partial charge in [0.15, 0.2) is 0 Å². The zero-order valence-corrected chi connectivity index (χ0v) is 13.3. The predicted octanol–water partition coefficient (Wildman–Crippen LogP) is 4.02. The van der Waals surface area contributed by atoms with Crippen molar-refractivity contribution in [2.75, 3.05) is 19.8 Å². The van der Waals surface area contributed by atoms with Gasteiger partial charge in [-0.1, -0.05) is 48.5 Å². The molecule has 4 rings (SSSR count). The molecule has 23 heavy (non-hydrogen) atoms. The van der Waals surface area contributed by atoms with E-state index in [-0.39, 0.29) is 12.0 Å². The van der Waals surface area contributed by atoms with Gasteiger partial charge in [-0.3, -0.25) is 0 Å². The lowest BCUT2D eigenvalue weighted by molar-refractivity contribution is -0.0936. The molecule has 0 saturated carbocycles. The second-order valence-corrected chi connectivity index (χ2v) is 6.08. The van der Waals surface area contributed by atoms with E-state index < -0.39 is 0 Å². The van der Waals surface area contributed by atoms with E-state index in [4.69, 9.17) is 9.47 Å². The molecular formula is C20H21NO2. The lowest BCUT2D eigenvalue weighted by atomic mass is 9.85. The van der Waals surface area contributed by atoms with Gasteiger partial charge >= 0.3 is 0 Å². The van der Waals surface area contributed by atoms with Crippen molar-refractivity contribution in [1.82, 2.24) is 4.98 Å². The molecule has 2 heterocycles. The van der Waals surface area contributed by atoms with E-state index in [0.717, 1.165) is 0 Å². The fourth-order valence-electron chi connectivity index (χ4n) is 3.63. The Morgan fingerprint density at radius 1 is 1.00 bits per heavy atom. The topological polar surface area (TPSA) is 34.2 Å². The van der Waals surface area contributed by atoms with E-state index in [1.807, 2.05) is 0 Å². The summed E-state index contributed by atoms with van der Waals surface area (Å²) in [5.74, 6) is 0.174. The highest BCUT2D eigenvalue weighted by Gasteiger charge is 2.31. The third-order valence-electron chi connectivity index (χ3n) is 4.63. The summed E-state index contributed by atoms with van der Waals surface area (Å²) in [7, 11) is 0. The van der Waals surface area contributed by atoms with Crippen LogP contribution in [0, 0.1) is 6.92 Å². The van der Waals surface area contributed by atoms with Crippen LogP contribution in [-0.4, -0.2) is 30.9 Å². The second kappa shape index (κ2) is 6.19. The maximum absolute atomic E-state index is 6.08. The van der Waals surface area contributed by atoms with Crippen LogP contribution >= 0.6 is 0 Å². The summed E-state index contributed by atoms with van der Waals surface area (Å²) >= 11 is 0. The minimum atomic E-state index is 0.0454. The lowest BCUT2D eigenvalue weighted by Crippen LogP contribution is -2.34. The van der Waals surface area contributed by atoms with E-state index in [2.05, 4.69) is 66.5 Å². The third kappa shape index (κ3) is 2.67. The molecule has 2 atom stereocenters. The first kappa shape index (κ1) is 14.5. The molecule has 3 heteroatoms. The summed E-state index contributed by atoms with van der Waals surface area (Å²) in [5, 5.41) is 1.27. The van der Waals surface area contributed by atoms with Crippen molar-refractivity contribution in [2.24, 2.45) is 0 Å². The Morgan fingerprint density at radius 3 is 2.57 bits per heavy atom. The molecular weight excluding hydrogens is 286 g/mol. The zero-order chi connectivity index (χ0) is 15.6. The lowest BCUT2D eigenvalue weighted by Gasteiger charge is -2.31. The standard InChI is InChI=1S/C20H21NO2/c1-14-19(16-9-5-6-10-17(16)21-14)20(15-7-3-2-4-8-15)18-13-22-11-12-23-18/h2-10,18,20-21H,11-13H2,1H3/t18-,20-/m0/s1. The van der Waals surface area contributed by atoms with Crippen molar-refractivity contribution in [2.45, 2.75) is 18.9 Å². The molecule has 1 aliphatic heterocycles. The van der Waals surface area contributed by atoms with E-state index in [1.54, 1.807) is 0 Å². The highest BCUT2D eigenvalue weighted by molar-refractivity contribution is 5.85. The Hall–Kier alpha value is -2.10. The number of hydrogen-bond acceptors (Lipinski definition) is 2. The average Bonchev–Trinajstić information content (AvgIpc) is 2.94. The quantitative estimate of drug-likeness (QED) is 0.793. The summed E-state index contributed by atoms with van der Waals surface area (Å²) in [6.07, 6.45) is 0.0454. The molecule has 1 N–H and O–H groups in total. The summed E-state index contributed by atoms with van der Waals surface area (Å²) < 4.78 is 11.8. The van der Waals surface area contributed by atoms with E-state index >= 15 is 0 Å². The second-order valence-electron chi connectivity index (χ2n) is 6.08. The number of rotatable bonds is 3. The molecule has 0 aliphatic carbocycles. The molecule has 0 amide bonds. The van der Waals surface area contributed by atoms with Crippen molar-refractivity contribution < 1.29 is 9.47 Å². The van der Waals surface area contributed by atoms with Gasteiger partial charge in [-0.2, -0.15) is 0 Å². The molecule has 0 bridgehead atoms. The summed E-state index contributed by atoms with van der Waals surface area (Å²) in [5.41, 5.74) is 4.98. The molecule has 3 aromatic rings. The summed E-state index contributed by atoms with van der Waals surface area (Å²) in [4.78, 5) is 3.52. The van der Waals surface area contributed by atoms with Gasteiger partial charge in [-0.25, -0.2) is 0 Å². The fourth-order valence-corrected chi connectivity index (χ4v) is 3.63. The van der Waals surface area contributed by atoms with Crippen LogP contribution in [0.2, 0.25) is 0 Å². The first-order valence-electron chi connectivity index (χ1n) is 8.16. The van der Waals surface area contributed by atoms with E-state index in [1.165, 1.54) is 27.7 Å². The zero-order valence-electron chi connectivity index (χ0n) is 13.3. The Balaban J connectivity index is 1.88. The minimum absolute atomic E-state index is 0.0454. The van der Waals surface area contributed by atoms with Gasteiger partial charge in [0.05, 0.1) is 25.9 Å². The number of nitrogens with one attached hydrogen (secondary N) is 1. The van der Waals surface area contributed by atoms with Gasteiger partial charge in [0, 0.05) is 22.5 Å². The number of para-hydroxylation sites is 1. The first-order chi connectivity index (χ1) is 11.3. The molecule has 1 fully saturated rings. The SMILES string of the molecule is Cc1[nH]c2ccccc2c1[C@@H](c1ccccc1)[C@@H]1COCCO1. The van der Waals surface area contributed by atoms with Gasteiger partial charge in [0.25, 0.3) is 0 Å². The third-order valence-corrected chi connectivity index (χ3v) is 4.63. The van der Waals surface area contributed by atoms with E-state index in [0.29, 0.717) is 19.8 Å². The van der Waals surface area contributed by atoms with Crippen molar-refractivity contribution in [3.8, 4) is 0 Å². The normalized spacial score (nSPS) is 19.8. The van der Waals surface area contributed by atoms with Crippen LogP contribution in [0.4, 0.5) is 0 Å². The highest BCUT2D eigenvalue weighted by Crippen LogP contribution is 2.37. The Morgan fingerprint density at radius 2 is 1.78 bits per heavy atom. The molecule has 1 aromatic heterocycles. The number of ether oxygens (including phenoxy) is 2. The summed E-state index contributed by atoms with van der Waals surface area (Å²) in [6.45, 7) is 4.13. The smallest absolute Gasteiger partial charge is 0.0919 e. The summed E-state index contributed by atoms with van der Waals surface area (Å²) in [6, 6.07) is 19.1. The largest absolute Gasteiger partial charge is 0.376 e. The van der Waals surface area contributed by atoms with Crippen LogP contribution in [0.15, 0.2) is 54.6 Å². The monoisotopic (exact) mass is 307 g/mol. The molecule has 118 valence electrons. The van der Waals surface area contributed by atoms with E-state index in [9.17, 15) is 0 Å². The number of aryl methyl sites for hydroxylation is 1. The van der Waals surface area contributed by atoms with Crippen LogP contribution in [0.25, 0.3) is 10.9 Å². The Labute approximate surface area is 136 Å². The average molecular weight is 307 g/mol. The van der Waals surface area contributed by atoms with Crippen LogP contribution in [-0.2, 0) is 9.47 Å². The first-order valence-corrected chi connectivity index (χ1v) is 8.16. The highest BCUT2D eigenvalue weighted by atomic mass is 16.6. The van der Waals surface area contributed by atoms with Crippen molar-refractivity contribution >= 4 is 10.9 Å². The van der Waals surface area contributed by atoms with Crippen LogP contribution < -0.4 is 0 Å². The van der Waals surface area contributed by atoms with Gasteiger partial charge in [0.1, 0.15) is 0 Å². The van der Waals surface area contributed by atoms with Gasteiger partial charge < -0.3 is 14.5 Å². The van der Waals surface area contributed by atoms with Crippen LogP contribution in [0.3, 0.4) is 0 Å². The number of hydrogen-bond donors (Lipinski definition) is 1. The van der Waals surface area contributed by atoms with Crippen molar-refractivity contribution in [3.63, 3.8) is 0 Å². The van der Waals surface area contributed by atoms with Crippen LogP contribution in [0.5, 0.6) is 0 Å². The van der Waals surface area contributed by atoms with Gasteiger partial charge in [-0.15, -0.1) is 0 Å². The Kier molecular flexibility index (Phi) is 3.90. The number of aromatic nitrogens is 1. The molecule has 3 nitrogen and oxygen atoms in total. The number of H-pyrrole nitrogens is 1. The van der Waals surface area contributed by atoms with Crippen LogP contribution in [0.1, 0.15) is 22.7 Å². The van der Waals surface area contributed by atoms with Gasteiger partial charge in [0.2, 0.25) is 0 Å². The maximum atomic E-state index is 6.08. The molecule has 0 radical (unpaired) electrons. The molecule has 0 spiro atoms. The Bertz CT molecular complexity index is 788. The molecule has 1 aliphatic rings. The van der Waals surface area contributed by atoms with Crippen molar-refractivity contribution in [3.05, 3.63) is 71.4 Å². The molecule has 2 aromatic carbocycles. The maximum Gasteiger partial charge on any atom is 0.0919 e.